The van der Waals surface area contributed by atoms with Crippen LogP contribution in [0.15, 0.2) is 53.3 Å². The number of aryl methyl sites for hydroxylation is 2. The van der Waals surface area contributed by atoms with E-state index in [1.54, 1.807) is 32.4 Å². The van der Waals surface area contributed by atoms with Gasteiger partial charge in [0.25, 0.3) is 11.5 Å². The summed E-state index contributed by atoms with van der Waals surface area (Å²) in [7, 11) is 3.13. The monoisotopic (exact) mass is 423 g/mol. The van der Waals surface area contributed by atoms with Crippen LogP contribution in [0.2, 0.25) is 0 Å². The van der Waals surface area contributed by atoms with Gasteiger partial charge in [0.2, 0.25) is 5.88 Å². The Kier molecular flexibility index (Phi) is 6.92. The van der Waals surface area contributed by atoms with Crippen LogP contribution in [0.4, 0.5) is 0 Å². The second kappa shape index (κ2) is 9.80. The number of ether oxygens (including phenoxy) is 3. The Morgan fingerprint density at radius 3 is 2.52 bits per heavy atom. The van der Waals surface area contributed by atoms with Crippen molar-refractivity contribution in [3.63, 3.8) is 0 Å². The van der Waals surface area contributed by atoms with Crippen LogP contribution in [0.3, 0.4) is 0 Å². The first-order valence-corrected chi connectivity index (χ1v) is 9.69. The molecule has 0 saturated heterocycles. The van der Waals surface area contributed by atoms with Gasteiger partial charge in [-0.2, -0.15) is 4.68 Å². The maximum Gasteiger partial charge on any atom is 0.271 e. The van der Waals surface area contributed by atoms with E-state index in [0.29, 0.717) is 17.2 Å². The molecule has 0 aliphatic heterocycles. The minimum Gasteiger partial charge on any atom is -0.497 e. The van der Waals surface area contributed by atoms with E-state index in [0.717, 1.165) is 16.7 Å². The summed E-state index contributed by atoms with van der Waals surface area (Å²) < 4.78 is 17.3. The number of aromatic nitrogens is 2. The molecule has 31 heavy (non-hydrogen) atoms. The van der Waals surface area contributed by atoms with Gasteiger partial charge in [-0.3, -0.25) is 9.59 Å². The number of carbonyl (C=O) groups excluding carboxylic acids is 1. The normalized spacial score (nSPS) is 10.5. The maximum absolute atomic E-state index is 12.2. The van der Waals surface area contributed by atoms with Crippen molar-refractivity contribution in [1.82, 2.24) is 15.1 Å². The van der Waals surface area contributed by atoms with Crippen LogP contribution >= 0.6 is 0 Å². The zero-order valence-corrected chi connectivity index (χ0v) is 18.0. The number of methoxy groups -OCH3 is 2. The van der Waals surface area contributed by atoms with Gasteiger partial charge in [-0.25, -0.2) is 0 Å². The minimum absolute atomic E-state index is 0.173. The number of hydrogen-bond acceptors (Lipinski definition) is 6. The van der Waals surface area contributed by atoms with Crippen molar-refractivity contribution in [3.8, 4) is 23.1 Å². The van der Waals surface area contributed by atoms with Crippen molar-refractivity contribution in [2.45, 2.75) is 20.4 Å². The molecular formula is C23H25N3O5. The topological polar surface area (TPSA) is 91.7 Å². The summed E-state index contributed by atoms with van der Waals surface area (Å²) in [5.41, 5.74) is 3.29. The molecular weight excluding hydrogens is 398 g/mol. The van der Waals surface area contributed by atoms with Crippen LogP contribution in [0.5, 0.6) is 17.4 Å². The first-order chi connectivity index (χ1) is 14.9. The predicted octanol–water partition coefficient (Wildman–Crippen LogP) is 2.56. The minimum atomic E-state index is -0.337. The lowest BCUT2D eigenvalue weighted by atomic mass is 10.1. The Morgan fingerprint density at radius 2 is 1.81 bits per heavy atom. The quantitative estimate of drug-likeness (QED) is 0.599. The fourth-order valence-corrected chi connectivity index (χ4v) is 2.92. The van der Waals surface area contributed by atoms with Crippen LogP contribution in [0.1, 0.15) is 16.7 Å². The largest absolute Gasteiger partial charge is 0.497 e. The van der Waals surface area contributed by atoms with Crippen molar-refractivity contribution in [2.24, 2.45) is 0 Å². The lowest BCUT2D eigenvalue weighted by Gasteiger charge is -2.12. The standard InChI is InChI=1S/C23H25N3O5/c1-15-5-6-18(11-16(15)2)26-23(28)10-9-22(25-26)31-14-21(27)24-13-17-12-19(29-3)7-8-20(17)30-4/h5-12H,13-14H2,1-4H3,(H,24,27). The fraction of sp³-hybridized carbons (Fsp3) is 0.261. The van der Waals surface area contributed by atoms with Gasteiger partial charge < -0.3 is 19.5 Å². The fourth-order valence-electron chi connectivity index (χ4n) is 2.92. The first-order valence-electron chi connectivity index (χ1n) is 9.69. The van der Waals surface area contributed by atoms with Crippen LogP contribution in [-0.4, -0.2) is 36.5 Å². The molecule has 0 aliphatic rings. The van der Waals surface area contributed by atoms with Gasteiger partial charge in [-0.15, -0.1) is 5.10 Å². The third kappa shape index (κ3) is 5.42. The molecule has 1 heterocycles. The second-order valence-electron chi connectivity index (χ2n) is 6.93. The number of rotatable bonds is 8. The summed E-state index contributed by atoms with van der Waals surface area (Å²) in [6.07, 6.45) is 0. The molecule has 0 atom stereocenters. The molecule has 1 N–H and O–H groups in total. The third-order valence-corrected chi connectivity index (χ3v) is 4.83. The van der Waals surface area contributed by atoms with Gasteiger partial charge in [-0.1, -0.05) is 6.07 Å². The van der Waals surface area contributed by atoms with Crippen LogP contribution in [0.25, 0.3) is 5.69 Å². The molecule has 3 rings (SSSR count). The molecule has 8 heteroatoms. The number of amides is 1. The van der Waals surface area contributed by atoms with E-state index in [1.807, 2.05) is 32.0 Å². The highest BCUT2D eigenvalue weighted by Gasteiger charge is 2.10. The summed E-state index contributed by atoms with van der Waals surface area (Å²) in [6.45, 7) is 3.96. The van der Waals surface area contributed by atoms with Gasteiger partial charge in [0.05, 0.1) is 19.9 Å². The summed E-state index contributed by atoms with van der Waals surface area (Å²) in [5, 5.41) is 6.99. The lowest BCUT2D eigenvalue weighted by Crippen LogP contribution is -2.29. The number of hydrogen-bond donors (Lipinski definition) is 1. The number of benzene rings is 2. The summed E-state index contributed by atoms with van der Waals surface area (Å²) in [5.74, 6) is 1.14. The van der Waals surface area contributed by atoms with Gasteiger partial charge in [0.1, 0.15) is 11.5 Å². The zero-order valence-electron chi connectivity index (χ0n) is 18.0. The highest BCUT2D eigenvalue weighted by atomic mass is 16.5. The van der Waals surface area contributed by atoms with Crippen molar-refractivity contribution in [3.05, 3.63) is 75.6 Å². The summed E-state index contributed by atoms with van der Waals surface area (Å²) in [6, 6.07) is 13.8. The predicted molar refractivity (Wildman–Crippen MR) is 116 cm³/mol. The zero-order chi connectivity index (χ0) is 22.4. The van der Waals surface area contributed by atoms with E-state index in [4.69, 9.17) is 14.2 Å². The van der Waals surface area contributed by atoms with Crippen molar-refractivity contribution >= 4 is 5.91 Å². The van der Waals surface area contributed by atoms with E-state index in [2.05, 4.69) is 10.4 Å². The average molecular weight is 423 g/mol. The summed E-state index contributed by atoms with van der Waals surface area (Å²) in [4.78, 5) is 24.5. The third-order valence-electron chi connectivity index (χ3n) is 4.83. The molecule has 3 aromatic rings. The molecule has 1 amide bonds. The molecule has 0 unspecified atom stereocenters. The van der Waals surface area contributed by atoms with Crippen molar-refractivity contribution < 1.29 is 19.0 Å². The number of carbonyl (C=O) groups is 1. The highest BCUT2D eigenvalue weighted by Crippen LogP contribution is 2.23. The molecule has 0 spiro atoms. The summed E-state index contributed by atoms with van der Waals surface area (Å²) >= 11 is 0. The maximum atomic E-state index is 12.2. The highest BCUT2D eigenvalue weighted by molar-refractivity contribution is 5.77. The molecule has 1 aromatic heterocycles. The van der Waals surface area contributed by atoms with Crippen LogP contribution < -0.4 is 25.1 Å². The molecule has 0 radical (unpaired) electrons. The van der Waals surface area contributed by atoms with E-state index in [-0.39, 0.29) is 30.5 Å². The van der Waals surface area contributed by atoms with Crippen LogP contribution in [0, 0.1) is 13.8 Å². The lowest BCUT2D eigenvalue weighted by molar-refractivity contribution is -0.123. The Labute approximate surface area is 180 Å². The van der Waals surface area contributed by atoms with Gasteiger partial charge in [0.15, 0.2) is 6.61 Å². The Hall–Kier alpha value is -3.81. The molecule has 0 fully saturated rings. The number of nitrogens with one attached hydrogen (secondary N) is 1. The van der Waals surface area contributed by atoms with Gasteiger partial charge in [0, 0.05) is 24.2 Å². The Balaban J connectivity index is 1.64. The molecule has 8 nitrogen and oxygen atoms in total. The SMILES string of the molecule is COc1ccc(OC)c(CNC(=O)COc2ccc(=O)n(-c3ccc(C)c(C)c3)n2)c1. The Bertz CT molecular complexity index is 1140. The van der Waals surface area contributed by atoms with Crippen LogP contribution in [-0.2, 0) is 11.3 Å². The Morgan fingerprint density at radius 1 is 1.00 bits per heavy atom. The smallest absolute Gasteiger partial charge is 0.271 e. The van der Waals surface area contributed by atoms with E-state index in [1.165, 1.54) is 16.8 Å². The molecule has 2 aromatic carbocycles. The second-order valence-corrected chi connectivity index (χ2v) is 6.93. The van der Waals surface area contributed by atoms with Crippen molar-refractivity contribution in [1.29, 1.82) is 0 Å². The van der Waals surface area contributed by atoms with E-state index >= 15 is 0 Å². The molecule has 0 saturated carbocycles. The molecule has 0 bridgehead atoms. The van der Waals surface area contributed by atoms with Gasteiger partial charge in [-0.05, 0) is 55.3 Å². The van der Waals surface area contributed by atoms with E-state index in [9.17, 15) is 9.59 Å². The first kappa shape index (κ1) is 21.9. The number of nitrogens with zero attached hydrogens (tertiary/aromatic N) is 2. The van der Waals surface area contributed by atoms with Gasteiger partial charge >= 0.3 is 0 Å². The average Bonchev–Trinajstić information content (AvgIpc) is 2.78. The van der Waals surface area contributed by atoms with E-state index < -0.39 is 0 Å². The molecule has 162 valence electrons. The molecule has 0 aliphatic carbocycles. The van der Waals surface area contributed by atoms with Crippen molar-refractivity contribution in [2.75, 3.05) is 20.8 Å².